The Morgan fingerprint density at radius 3 is 2.46 bits per heavy atom. The van der Waals surface area contributed by atoms with Crippen LogP contribution in [0.15, 0.2) is 101 Å². The minimum atomic E-state index is -3.97. The van der Waals surface area contributed by atoms with Gasteiger partial charge in [-0.15, -0.1) is 0 Å². The topological polar surface area (TPSA) is 101 Å². The number of anilines is 2. The maximum atomic E-state index is 13.4. The number of hydrogen-bond donors (Lipinski definition) is 2. The first kappa shape index (κ1) is 27.1. The van der Waals surface area contributed by atoms with Gasteiger partial charge in [-0.1, -0.05) is 48.0 Å². The lowest BCUT2D eigenvalue weighted by Crippen LogP contribution is -2.47. The Morgan fingerprint density at radius 1 is 0.902 bits per heavy atom. The number of piperidine rings is 1. The van der Waals surface area contributed by atoms with E-state index in [9.17, 15) is 18.0 Å². The van der Waals surface area contributed by atoms with E-state index < -0.39 is 10.0 Å². The van der Waals surface area contributed by atoms with Crippen LogP contribution >= 0.6 is 11.6 Å². The van der Waals surface area contributed by atoms with Crippen LogP contribution in [0.5, 0.6) is 0 Å². The van der Waals surface area contributed by atoms with Crippen LogP contribution in [0.1, 0.15) is 34.0 Å². The zero-order valence-corrected chi connectivity index (χ0v) is 23.7. The quantitative estimate of drug-likeness (QED) is 0.321. The van der Waals surface area contributed by atoms with E-state index in [2.05, 4.69) is 14.9 Å². The molecule has 3 aromatic carbocycles. The zero-order valence-electron chi connectivity index (χ0n) is 22.2. The van der Waals surface area contributed by atoms with Gasteiger partial charge in [0.25, 0.3) is 21.5 Å². The SMILES string of the molecule is O=C(NCc1ccccc1)c1ccc(N2C[C@H]3C[C@@H](C2)c2cccc(=O)n2C3)c(NS(=O)(=O)c2ccc(Cl)cc2)c1. The summed E-state index contributed by atoms with van der Waals surface area (Å²) in [7, 11) is -3.97. The molecule has 2 atom stereocenters. The van der Waals surface area contributed by atoms with Crippen molar-refractivity contribution in [1.29, 1.82) is 0 Å². The van der Waals surface area contributed by atoms with E-state index in [0.717, 1.165) is 17.7 Å². The van der Waals surface area contributed by atoms with Crippen LogP contribution in [0.4, 0.5) is 11.4 Å². The molecule has 8 nitrogen and oxygen atoms in total. The second kappa shape index (κ2) is 11.1. The summed E-state index contributed by atoms with van der Waals surface area (Å²) in [6.07, 6.45) is 0.964. The lowest BCUT2D eigenvalue weighted by Gasteiger charge is -2.44. The van der Waals surface area contributed by atoms with Crippen LogP contribution in [-0.4, -0.2) is 32.0 Å². The number of amides is 1. The molecule has 1 amide bonds. The number of halogens is 1. The highest BCUT2D eigenvalue weighted by molar-refractivity contribution is 7.92. The number of nitrogens with zero attached hydrogens (tertiary/aromatic N) is 2. The van der Waals surface area contributed by atoms with Gasteiger partial charge in [0, 0.05) is 54.4 Å². The number of carbonyl (C=O) groups excluding carboxylic acids is 1. The summed E-state index contributed by atoms with van der Waals surface area (Å²) in [5.41, 5.74) is 3.31. The Labute approximate surface area is 243 Å². The largest absolute Gasteiger partial charge is 0.369 e. The van der Waals surface area contributed by atoms with Gasteiger partial charge in [0.15, 0.2) is 0 Å². The first-order valence-corrected chi connectivity index (χ1v) is 15.3. The molecule has 0 radical (unpaired) electrons. The van der Waals surface area contributed by atoms with Crippen molar-refractivity contribution >= 4 is 38.9 Å². The zero-order chi connectivity index (χ0) is 28.6. The van der Waals surface area contributed by atoms with E-state index in [1.54, 1.807) is 30.3 Å². The van der Waals surface area contributed by atoms with Crippen molar-refractivity contribution in [2.24, 2.45) is 5.92 Å². The van der Waals surface area contributed by atoms with Crippen molar-refractivity contribution in [2.45, 2.75) is 30.3 Å². The third-order valence-electron chi connectivity index (χ3n) is 7.74. The Kier molecular flexibility index (Phi) is 7.32. The average Bonchev–Trinajstić information content (AvgIpc) is 2.97. The number of pyridine rings is 1. The van der Waals surface area contributed by atoms with Gasteiger partial charge in [0.2, 0.25) is 0 Å². The highest BCUT2D eigenvalue weighted by Crippen LogP contribution is 2.39. The number of fused-ring (bicyclic) bond motifs is 4. The number of sulfonamides is 1. The molecule has 41 heavy (non-hydrogen) atoms. The van der Waals surface area contributed by atoms with Crippen molar-refractivity contribution in [1.82, 2.24) is 9.88 Å². The lowest BCUT2D eigenvalue weighted by molar-refractivity contribution is 0.0951. The van der Waals surface area contributed by atoms with Crippen molar-refractivity contribution < 1.29 is 13.2 Å². The Bertz CT molecular complexity index is 1760. The van der Waals surface area contributed by atoms with E-state index in [1.807, 2.05) is 41.0 Å². The fraction of sp³-hybridized carbons (Fsp3) is 0.226. The smallest absolute Gasteiger partial charge is 0.261 e. The fourth-order valence-electron chi connectivity index (χ4n) is 5.83. The average molecular weight is 589 g/mol. The number of carbonyl (C=O) groups is 1. The van der Waals surface area contributed by atoms with Gasteiger partial charge in [0.1, 0.15) is 0 Å². The summed E-state index contributed by atoms with van der Waals surface area (Å²) in [4.78, 5) is 27.8. The molecule has 210 valence electrons. The summed E-state index contributed by atoms with van der Waals surface area (Å²) < 4.78 is 31.4. The van der Waals surface area contributed by atoms with E-state index >= 15 is 0 Å². The molecule has 3 heterocycles. The molecule has 4 aromatic rings. The Morgan fingerprint density at radius 2 is 1.68 bits per heavy atom. The maximum absolute atomic E-state index is 13.4. The number of aromatic nitrogens is 1. The summed E-state index contributed by atoms with van der Waals surface area (Å²) in [6, 6.07) is 26.0. The number of rotatable bonds is 7. The van der Waals surface area contributed by atoms with Crippen LogP contribution < -0.4 is 20.5 Å². The molecule has 0 spiro atoms. The van der Waals surface area contributed by atoms with Gasteiger partial charge < -0.3 is 14.8 Å². The van der Waals surface area contributed by atoms with Crippen molar-refractivity contribution in [2.75, 3.05) is 22.7 Å². The summed E-state index contributed by atoms with van der Waals surface area (Å²) in [6.45, 7) is 2.25. The number of nitrogens with one attached hydrogen (secondary N) is 2. The number of hydrogen-bond acceptors (Lipinski definition) is 5. The van der Waals surface area contributed by atoms with E-state index in [-0.39, 0.29) is 28.2 Å². The highest BCUT2D eigenvalue weighted by atomic mass is 35.5. The first-order chi connectivity index (χ1) is 19.8. The van der Waals surface area contributed by atoms with E-state index in [0.29, 0.717) is 48.1 Å². The van der Waals surface area contributed by atoms with Gasteiger partial charge in [-0.25, -0.2) is 8.42 Å². The molecular formula is C31H29ClN4O4S. The maximum Gasteiger partial charge on any atom is 0.261 e. The summed E-state index contributed by atoms with van der Waals surface area (Å²) in [5, 5.41) is 3.35. The predicted octanol–water partition coefficient (Wildman–Crippen LogP) is 4.86. The second-order valence-corrected chi connectivity index (χ2v) is 12.7. The van der Waals surface area contributed by atoms with Crippen LogP contribution in [0.2, 0.25) is 5.02 Å². The molecule has 1 saturated heterocycles. The van der Waals surface area contributed by atoms with Crippen LogP contribution in [-0.2, 0) is 23.1 Å². The molecule has 10 heteroatoms. The van der Waals surface area contributed by atoms with Gasteiger partial charge in [-0.2, -0.15) is 0 Å². The molecule has 2 bridgehead atoms. The van der Waals surface area contributed by atoms with Crippen molar-refractivity contribution in [3.8, 4) is 0 Å². The first-order valence-electron chi connectivity index (χ1n) is 13.5. The fourth-order valence-corrected chi connectivity index (χ4v) is 7.02. The molecule has 0 aliphatic carbocycles. The van der Waals surface area contributed by atoms with Crippen LogP contribution in [0, 0.1) is 5.92 Å². The standard InChI is InChI=1S/C31H29ClN4O4S/c32-25-10-12-26(13-11-25)41(39,40)34-27-16-23(31(38)33-17-21-5-2-1-3-6-21)9-14-29(27)35-18-22-15-24(20-35)28-7-4-8-30(37)36(28)19-22/h1-14,16,22,24,34H,15,17-20H2,(H,33,38)/t22-,24+/m1/s1. The van der Waals surface area contributed by atoms with Gasteiger partial charge in [0.05, 0.1) is 16.3 Å². The molecule has 2 aliphatic heterocycles. The Hall–Kier alpha value is -4.08. The van der Waals surface area contributed by atoms with Gasteiger partial charge in [-0.05, 0) is 66.4 Å². The summed E-state index contributed by atoms with van der Waals surface area (Å²) >= 11 is 5.98. The third kappa shape index (κ3) is 5.73. The summed E-state index contributed by atoms with van der Waals surface area (Å²) in [5.74, 6) is 0.0537. The Balaban J connectivity index is 1.33. The molecule has 0 saturated carbocycles. The minimum absolute atomic E-state index is 0.00734. The van der Waals surface area contributed by atoms with Crippen molar-refractivity contribution in [3.05, 3.63) is 123 Å². The van der Waals surface area contributed by atoms with Gasteiger partial charge >= 0.3 is 0 Å². The molecule has 0 unspecified atom stereocenters. The van der Waals surface area contributed by atoms with Crippen molar-refractivity contribution in [3.63, 3.8) is 0 Å². The molecule has 6 rings (SSSR count). The second-order valence-electron chi connectivity index (χ2n) is 10.6. The van der Waals surface area contributed by atoms with Crippen LogP contribution in [0.25, 0.3) is 0 Å². The predicted molar refractivity (Wildman–Crippen MR) is 160 cm³/mol. The van der Waals surface area contributed by atoms with Gasteiger partial charge in [-0.3, -0.25) is 14.3 Å². The molecular weight excluding hydrogens is 560 g/mol. The normalized spacial score (nSPS) is 17.9. The van der Waals surface area contributed by atoms with Crippen LogP contribution in [0.3, 0.4) is 0 Å². The molecule has 1 fully saturated rings. The highest BCUT2D eigenvalue weighted by Gasteiger charge is 2.35. The molecule has 1 aromatic heterocycles. The molecule has 2 aliphatic rings. The minimum Gasteiger partial charge on any atom is -0.369 e. The third-order valence-corrected chi connectivity index (χ3v) is 9.38. The number of benzene rings is 3. The van der Waals surface area contributed by atoms with E-state index in [4.69, 9.17) is 11.6 Å². The van der Waals surface area contributed by atoms with E-state index in [1.165, 1.54) is 24.3 Å². The lowest BCUT2D eigenvalue weighted by atomic mass is 9.83. The monoisotopic (exact) mass is 588 g/mol. The molecule has 2 N–H and O–H groups in total.